The van der Waals surface area contributed by atoms with Crippen LogP contribution in [-0.4, -0.2) is 17.5 Å². The van der Waals surface area contributed by atoms with Gasteiger partial charge in [-0.15, -0.1) is 0 Å². The third-order valence-electron chi connectivity index (χ3n) is 2.97. The second-order valence-electron chi connectivity index (χ2n) is 4.35. The first-order valence-corrected chi connectivity index (χ1v) is 6.83. The Morgan fingerprint density at radius 1 is 1.20 bits per heavy atom. The maximum absolute atomic E-state index is 3.68. The van der Waals surface area contributed by atoms with Gasteiger partial charge in [0.25, 0.3) is 0 Å². The number of anilines is 1. The number of rotatable bonds is 2. The van der Waals surface area contributed by atoms with Crippen LogP contribution in [0.4, 0.5) is 5.69 Å². The fourth-order valence-electron chi connectivity index (χ4n) is 1.95. The Labute approximate surface area is 96.7 Å². The molecule has 1 aromatic carbocycles. The summed E-state index contributed by atoms with van der Waals surface area (Å²) in [6.07, 6.45) is 2.61. The number of hydrogen-bond donors (Lipinski definition) is 1. The molecule has 0 aliphatic carbocycles. The van der Waals surface area contributed by atoms with Gasteiger partial charge in [0.15, 0.2) is 0 Å². The average Bonchev–Trinajstić information content (AvgIpc) is 2.25. The van der Waals surface area contributed by atoms with Crippen LogP contribution >= 0.6 is 11.8 Å². The normalized spacial score (nSPS) is 17.7. The van der Waals surface area contributed by atoms with Crippen molar-refractivity contribution in [1.29, 1.82) is 0 Å². The molecule has 1 aliphatic rings. The minimum Gasteiger partial charge on any atom is -0.382 e. The second-order valence-corrected chi connectivity index (χ2v) is 5.57. The second kappa shape index (κ2) is 4.93. The first-order chi connectivity index (χ1) is 7.25. The number of thioether (sulfide) groups is 1. The van der Waals surface area contributed by atoms with E-state index < -0.39 is 0 Å². The zero-order valence-electron chi connectivity index (χ0n) is 9.55. The maximum atomic E-state index is 3.68. The maximum Gasteiger partial charge on any atom is 0.0374 e. The van der Waals surface area contributed by atoms with Crippen molar-refractivity contribution in [2.75, 3.05) is 16.8 Å². The molecular formula is C13H19NS. The van der Waals surface area contributed by atoms with Crippen molar-refractivity contribution in [1.82, 2.24) is 0 Å². The fourth-order valence-corrected chi connectivity index (χ4v) is 3.06. The van der Waals surface area contributed by atoms with E-state index in [2.05, 4.69) is 49.1 Å². The molecule has 1 nitrogen and oxygen atoms in total. The van der Waals surface area contributed by atoms with Crippen molar-refractivity contribution in [2.45, 2.75) is 32.7 Å². The van der Waals surface area contributed by atoms with Crippen molar-refractivity contribution >= 4 is 17.4 Å². The lowest BCUT2D eigenvalue weighted by Gasteiger charge is -2.24. The van der Waals surface area contributed by atoms with Crippen LogP contribution in [0.1, 0.15) is 24.0 Å². The molecule has 1 heterocycles. The third kappa shape index (κ3) is 2.91. The summed E-state index contributed by atoms with van der Waals surface area (Å²) in [6.45, 7) is 4.33. The van der Waals surface area contributed by atoms with Crippen LogP contribution in [0.25, 0.3) is 0 Å². The summed E-state index contributed by atoms with van der Waals surface area (Å²) in [6, 6.07) is 7.33. The van der Waals surface area contributed by atoms with E-state index in [1.165, 1.54) is 41.2 Å². The zero-order chi connectivity index (χ0) is 10.7. The molecule has 82 valence electrons. The molecule has 0 unspecified atom stereocenters. The SMILES string of the molecule is Cc1ccc(C)c(NC2CCSCC2)c1. The quantitative estimate of drug-likeness (QED) is 0.818. The zero-order valence-corrected chi connectivity index (χ0v) is 10.4. The van der Waals surface area contributed by atoms with Crippen LogP contribution in [0.3, 0.4) is 0 Å². The van der Waals surface area contributed by atoms with Crippen molar-refractivity contribution in [3.8, 4) is 0 Å². The highest BCUT2D eigenvalue weighted by molar-refractivity contribution is 7.99. The topological polar surface area (TPSA) is 12.0 Å². The summed E-state index contributed by atoms with van der Waals surface area (Å²) in [4.78, 5) is 0. The van der Waals surface area contributed by atoms with Gasteiger partial charge < -0.3 is 5.32 Å². The molecule has 1 aromatic rings. The summed E-state index contributed by atoms with van der Waals surface area (Å²) in [5, 5.41) is 3.68. The molecule has 1 saturated heterocycles. The van der Waals surface area contributed by atoms with Crippen LogP contribution < -0.4 is 5.32 Å². The van der Waals surface area contributed by atoms with Gasteiger partial charge in [0.1, 0.15) is 0 Å². The first-order valence-electron chi connectivity index (χ1n) is 5.67. The van der Waals surface area contributed by atoms with Gasteiger partial charge in [0.05, 0.1) is 0 Å². The first kappa shape index (κ1) is 10.9. The number of aryl methyl sites for hydroxylation is 2. The highest BCUT2D eigenvalue weighted by Crippen LogP contribution is 2.23. The van der Waals surface area contributed by atoms with Gasteiger partial charge in [0.2, 0.25) is 0 Å². The lowest BCUT2D eigenvalue weighted by molar-refractivity contribution is 0.666. The van der Waals surface area contributed by atoms with Crippen LogP contribution in [0.5, 0.6) is 0 Å². The van der Waals surface area contributed by atoms with Gasteiger partial charge in [-0.3, -0.25) is 0 Å². The van der Waals surface area contributed by atoms with Crippen molar-refractivity contribution in [3.63, 3.8) is 0 Å². The summed E-state index contributed by atoms with van der Waals surface area (Å²) in [7, 11) is 0. The minimum atomic E-state index is 0.687. The van der Waals surface area contributed by atoms with Gasteiger partial charge in [-0.2, -0.15) is 11.8 Å². The van der Waals surface area contributed by atoms with E-state index in [4.69, 9.17) is 0 Å². The molecule has 2 rings (SSSR count). The third-order valence-corrected chi connectivity index (χ3v) is 4.02. The van der Waals surface area contributed by atoms with Crippen molar-refractivity contribution < 1.29 is 0 Å². The van der Waals surface area contributed by atoms with Gasteiger partial charge in [-0.25, -0.2) is 0 Å². The van der Waals surface area contributed by atoms with Gasteiger partial charge in [0, 0.05) is 11.7 Å². The highest BCUT2D eigenvalue weighted by atomic mass is 32.2. The Morgan fingerprint density at radius 3 is 2.67 bits per heavy atom. The van der Waals surface area contributed by atoms with E-state index >= 15 is 0 Å². The van der Waals surface area contributed by atoms with E-state index in [1.807, 2.05) is 0 Å². The van der Waals surface area contributed by atoms with Crippen molar-refractivity contribution in [2.24, 2.45) is 0 Å². The molecular weight excluding hydrogens is 202 g/mol. The summed E-state index contributed by atoms with van der Waals surface area (Å²) < 4.78 is 0. The Kier molecular flexibility index (Phi) is 3.57. The van der Waals surface area contributed by atoms with Crippen LogP contribution in [0.2, 0.25) is 0 Å². The van der Waals surface area contributed by atoms with Gasteiger partial charge in [-0.1, -0.05) is 12.1 Å². The minimum absolute atomic E-state index is 0.687. The van der Waals surface area contributed by atoms with Crippen LogP contribution in [0.15, 0.2) is 18.2 Å². The van der Waals surface area contributed by atoms with E-state index in [0.29, 0.717) is 6.04 Å². The molecule has 0 aromatic heterocycles. The van der Waals surface area contributed by atoms with E-state index in [9.17, 15) is 0 Å². The molecule has 0 bridgehead atoms. The summed E-state index contributed by atoms with van der Waals surface area (Å²) in [5.41, 5.74) is 4.03. The van der Waals surface area contributed by atoms with Crippen LogP contribution in [0, 0.1) is 13.8 Å². The average molecular weight is 221 g/mol. The molecule has 15 heavy (non-hydrogen) atoms. The lowest BCUT2D eigenvalue weighted by Crippen LogP contribution is -2.24. The Bertz CT molecular complexity index is 329. The number of nitrogens with one attached hydrogen (secondary N) is 1. The molecule has 0 saturated carbocycles. The Morgan fingerprint density at radius 2 is 1.93 bits per heavy atom. The molecule has 0 radical (unpaired) electrons. The molecule has 2 heteroatoms. The molecule has 1 fully saturated rings. The smallest absolute Gasteiger partial charge is 0.0374 e. The van der Waals surface area contributed by atoms with Crippen molar-refractivity contribution in [3.05, 3.63) is 29.3 Å². The lowest BCUT2D eigenvalue weighted by atomic mass is 10.1. The number of hydrogen-bond acceptors (Lipinski definition) is 2. The molecule has 0 spiro atoms. The summed E-state index contributed by atoms with van der Waals surface area (Å²) >= 11 is 2.08. The number of benzene rings is 1. The highest BCUT2D eigenvalue weighted by Gasteiger charge is 2.13. The fraction of sp³-hybridized carbons (Fsp3) is 0.538. The van der Waals surface area contributed by atoms with E-state index in [1.54, 1.807) is 0 Å². The predicted molar refractivity (Wildman–Crippen MR) is 69.9 cm³/mol. The predicted octanol–water partition coefficient (Wildman–Crippen LogP) is 3.61. The Hall–Kier alpha value is -0.630. The van der Waals surface area contributed by atoms with E-state index in [-0.39, 0.29) is 0 Å². The Balaban J connectivity index is 2.05. The molecule has 0 atom stereocenters. The van der Waals surface area contributed by atoms with Gasteiger partial charge >= 0.3 is 0 Å². The van der Waals surface area contributed by atoms with E-state index in [0.717, 1.165) is 0 Å². The molecule has 0 amide bonds. The van der Waals surface area contributed by atoms with Gasteiger partial charge in [-0.05, 0) is 55.4 Å². The summed E-state index contributed by atoms with van der Waals surface area (Å²) in [5.74, 6) is 2.62. The molecule has 1 N–H and O–H groups in total. The largest absolute Gasteiger partial charge is 0.382 e. The standard InChI is InChI=1S/C13H19NS/c1-10-3-4-11(2)13(9-10)14-12-5-7-15-8-6-12/h3-4,9,12,14H,5-8H2,1-2H3. The molecule has 1 aliphatic heterocycles. The monoisotopic (exact) mass is 221 g/mol. The van der Waals surface area contributed by atoms with Crippen LogP contribution in [-0.2, 0) is 0 Å².